The Morgan fingerprint density at radius 3 is 2.86 bits per heavy atom. The minimum Gasteiger partial charge on any atom is -0.482 e. The number of pyridine rings is 1. The van der Waals surface area contributed by atoms with E-state index in [1.165, 1.54) is 29.2 Å². The molecule has 0 saturated carbocycles. The lowest BCUT2D eigenvalue weighted by Crippen LogP contribution is -2.08. The summed E-state index contributed by atoms with van der Waals surface area (Å²) < 4.78 is 21.0. The van der Waals surface area contributed by atoms with Crippen LogP contribution < -0.4 is 10.5 Å². The van der Waals surface area contributed by atoms with Crippen molar-refractivity contribution in [3.05, 3.63) is 58.3 Å². The molecule has 0 saturated heterocycles. The van der Waals surface area contributed by atoms with Crippen LogP contribution in [-0.2, 0) is 11.3 Å². The first-order chi connectivity index (χ1) is 13.3. The van der Waals surface area contributed by atoms with Crippen molar-refractivity contribution in [2.75, 3.05) is 5.73 Å². The molecule has 0 aliphatic carbocycles. The molecule has 3 rings (SSSR count). The van der Waals surface area contributed by atoms with E-state index in [1.54, 1.807) is 19.2 Å². The van der Waals surface area contributed by atoms with E-state index in [4.69, 9.17) is 38.8 Å². The van der Waals surface area contributed by atoms with E-state index >= 15 is 0 Å². The Morgan fingerprint density at radius 2 is 2.14 bits per heavy atom. The number of ether oxygens (including phenoxy) is 1. The molecule has 0 bridgehead atoms. The molecule has 0 radical (unpaired) electrons. The van der Waals surface area contributed by atoms with Gasteiger partial charge in [-0.25, -0.2) is 14.4 Å². The number of rotatable bonds is 6. The van der Waals surface area contributed by atoms with Crippen LogP contribution in [0.25, 0.3) is 11.3 Å². The number of hydrogen-bond acceptors (Lipinski definition) is 5. The van der Waals surface area contributed by atoms with Crippen LogP contribution in [0.15, 0.2) is 36.9 Å². The summed E-state index contributed by atoms with van der Waals surface area (Å²) in [5.41, 5.74) is 7.24. The molecular formula is C18H15Cl2FN4O3. The van der Waals surface area contributed by atoms with Crippen LogP contribution in [0.2, 0.25) is 10.0 Å². The first kappa shape index (κ1) is 19.9. The molecule has 10 heteroatoms. The molecule has 2 aromatic heterocycles. The molecule has 3 aromatic rings. The van der Waals surface area contributed by atoms with Gasteiger partial charge in [-0.1, -0.05) is 23.2 Å². The largest absolute Gasteiger partial charge is 0.482 e. The third kappa shape index (κ3) is 4.18. The number of benzene rings is 1. The summed E-state index contributed by atoms with van der Waals surface area (Å²) in [6, 6.07) is 4.17. The second-order valence-electron chi connectivity index (χ2n) is 5.95. The summed E-state index contributed by atoms with van der Waals surface area (Å²) in [5, 5.41) is 8.98. The van der Waals surface area contributed by atoms with Crippen LogP contribution in [0.4, 0.5) is 10.2 Å². The normalized spacial score (nSPS) is 12.0. The summed E-state index contributed by atoms with van der Waals surface area (Å²) in [5.74, 6) is -1.25. The number of nitrogens with two attached hydrogens (primary N) is 1. The Kier molecular flexibility index (Phi) is 5.71. The maximum atomic E-state index is 13.8. The molecule has 0 fully saturated rings. The zero-order chi connectivity index (χ0) is 20.4. The Hall–Kier alpha value is -2.84. The van der Waals surface area contributed by atoms with E-state index in [9.17, 15) is 9.18 Å². The molecule has 28 heavy (non-hydrogen) atoms. The fraction of sp³-hybridized carbons (Fsp3) is 0.167. The summed E-state index contributed by atoms with van der Waals surface area (Å²) >= 11 is 12.2. The number of imidazole rings is 1. The van der Waals surface area contributed by atoms with E-state index in [-0.39, 0.29) is 28.2 Å². The number of nitrogen functional groups attached to an aromatic ring is 1. The summed E-state index contributed by atoms with van der Waals surface area (Å²) in [7, 11) is 0. The van der Waals surface area contributed by atoms with Crippen molar-refractivity contribution < 1.29 is 19.0 Å². The lowest BCUT2D eigenvalue weighted by molar-refractivity contribution is -0.137. The highest BCUT2D eigenvalue weighted by Gasteiger charge is 2.20. The number of halogens is 3. The first-order valence-corrected chi connectivity index (χ1v) is 8.81. The third-order valence-electron chi connectivity index (χ3n) is 3.92. The molecule has 1 aromatic carbocycles. The fourth-order valence-electron chi connectivity index (χ4n) is 2.61. The maximum Gasteiger partial charge on any atom is 0.323 e. The highest BCUT2D eigenvalue weighted by molar-refractivity contribution is 6.36. The molecule has 0 spiro atoms. The second-order valence-corrected chi connectivity index (χ2v) is 6.73. The molecule has 1 unspecified atom stereocenters. The zero-order valence-electron chi connectivity index (χ0n) is 14.6. The van der Waals surface area contributed by atoms with Gasteiger partial charge in [0, 0.05) is 28.5 Å². The van der Waals surface area contributed by atoms with Crippen molar-refractivity contribution in [2.24, 2.45) is 0 Å². The fourth-order valence-corrected chi connectivity index (χ4v) is 3.28. The topological polar surface area (TPSA) is 103 Å². The average molecular weight is 425 g/mol. The van der Waals surface area contributed by atoms with E-state index in [0.29, 0.717) is 16.8 Å². The van der Waals surface area contributed by atoms with Crippen molar-refractivity contribution in [3.8, 4) is 17.0 Å². The monoisotopic (exact) mass is 424 g/mol. The first-order valence-electron chi connectivity index (χ1n) is 8.05. The van der Waals surface area contributed by atoms with Crippen LogP contribution in [-0.4, -0.2) is 25.6 Å². The molecule has 1 atom stereocenters. The van der Waals surface area contributed by atoms with Gasteiger partial charge in [0.2, 0.25) is 0 Å². The van der Waals surface area contributed by atoms with Crippen molar-refractivity contribution in [1.82, 2.24) is 14.5 Å². The number of nitrogens with zero attached hydrogens (tertiary/aromatic N) is 3. The van der Waals surface area contributed by atoms with Gasteiger partial charge in [0.15, 0.2) is 11.6 Å². The zero-order valence-corrected chi connectivity index (χ0v) is 16.1. The van der Waals surface area contributed by atoms with Gasteiger partial charge in [-0.2, -0.15) is 0 Å². The van der Waals surface area contributed by atoms with Gasteiger partial charge in [-0.15, -0.1) is 0 Å². The predicted molar refractivity (Wildman–Crippen MR) is 103 cm³/mol. The van der Waals surface area contributed by atoms with E-state index in [0.717, 1.165) is 0 Å². The van der Waals surface area contributed by atoms with Crippen molar-refractivity contribution in [3.63, 3.8) is 0 Å². The lowest BCUT2D eigenvalue weighted by atomic mass is 10.1. The highest BCUT2D eigenvalue weighted by Crippen LogP contribution is 2.36. The van der Waals surface area contributed by atoms with Crippen LogP contribution in [0.3, 0.4) is 0 Å². The molecule has 7 nitrogen and oxygen atoms in total. The Morgan fingerprint density at radius 1 is 1.39 bits per heavy atom. The van der Waals surface area contributed by atoms with Crippen LogP contribution in [0, 0.1) is 5.82 Å². The Balaban J connectivity index is 1.89. The molecule has 3 N–H and O–H groups in total. The highest BCUT2D eigenvalue weighted by atomic mass is 35.5. The SMILES string of the molecule is CC(Oc1cc(-c2cn(CC(=O)O)cn2)cnc1N)c1c(Cl)ccc(F)c1Cl. The predicted octanol–water partition coefficient (Wildman–Crippen LogP) is 4.20. The molecular weight excluding hydrogens is 410 g/mol. The van der Waals surface area contributed by atoms with Crippen LogP contribution in [0.5, 0.6) is 5.75 Å². The average Bonchev–Trinajstić information content (AvgIpc) is 3.08. The van der Waals surface area contributed by atoms with Gasteiger partial charge < -0.3 is 20.1 Å². The summed E-state index contributed by atoms with van der Waals surface area (Å²) in [4.78, 5) is 19.0. The van der Waals surface area contributed by atoms with Gasteiger partial charge in [0.05, 0.1) is 17.0 Å². The lowest BCUT2D eigenvalue weighted by Gasteiger charge is -2.19. The number of aliphatic carboxylic acids is 1. The second kappa shape index (κ2) is 8.04. The minimum absolute atomic E-state index is 0.115. The molecule has 2 heterocycles. The number of anilines is 1. The minimum atomic E-state index is -0.985. The number of carboxylic acids is 1. The quantitative estimate of drug-likeness (QED) is 0.574. The van der Waals surface area contributed by atoms with Crippen LogP contribution >= 0.6 is 23.2 Å². The third-order valence-corrected chi connectivity index (χ3v) is 4.63. The van der Waals surface area contributed by atoms with Gasteiger partial charge >= 0.3 is 5.97 Å². The van der Waals surface area contributed by atoms with E-state index in [1.807, 2.05) is 0 Å². The van der Waals surface area contributed by atoms with Gasteiger partial charge in [-0.3, -0.25) is 4.79 Å². The van der Waals surface area contributed by atoms with Crippen LogP contribution in [0.1, 0.15) is 18.6 Å². The number of hydrogen-bond donors (Lipinski definition) is 2. The molecule has 0 amide bonds. The summed E-state index contributed by atoms with van der Waals surface area (Å²) in [6.07, 6.45) is 3.74. The smallest absolute Gasteiger partial charge is 0.323 e. The Bertz CT molecular complexity index is 1040. The molecule has 146 valence electrons. The van der Waals surface area contributed by atoms with Gasteiger partial charge in [-0.05, 0) is 25.1 Å². The van der Waals surface area contributed by atoms with Crippen molar-refractivity contribution in [1.29, 1.82) is 0 Å². The van der Waals surface area contributed by atoms with Crippen molar-refractivity contribution in [2.45, 2.75) is 19.6 Å². The number of carboxylic acid groups (broad SMARTS) is 1. The van der Waals surface area contributed by atoms with Gasteiger partial charge in [0.25, 0.3) is 0 Å². The van der Waals surface area contributed by atoms with E-state index in [2.05, 4.69) is 9.97 Å². The van der Waals surface area contributed by atoms with E-state index < -0.39 is 17.9 Å². The van der Waals surface area contributed by atoms with Crippen molar-refractivity contribution >= 4 is 35.0 Å². The maximum absolute atomic E-state index is 13.8. The Labute approximate surface area is 169 Å². The standard InChI is InChI=1S/C18H15Cl2FN4O3/c1-9(16-11(19)2-3-12(21)17(16)20)28-14-4-10(5-23-18(14)22)13-6-25(8-24-13)7-15(26)27/h2-6,8-9H,7H2,1H3,(H2,22,23)(H,26,27). The summed E-state index contributed by atoms with van der Waals surface area (Å²) in [6.45, 7) is 1.44. The number of carbonyl (C=O) groups is 1. The molecule has 0 aliphatic heterocycles. The molecule has 0 aliphatic rings. The number of aromatic nitrogens is 3. The van der Waals surface area contributed by atoms with Gasteiger partial charge in [0.1, 0.15) is 18.5 Å².